The summed E-state index contributed by atoms with van der Waals surface area (Å²) in [5.74, 6) is 1.46. The number of nitrogens with zero attached hydrogens (tertiary/aromatic N) is 3. The molecule has 11 nitrogen and oxygen atoms in total. The predicted molar refractivity (Wildman–Crippen MR) is 205 cm³/mol. The van der Waals surface area contributed by atoms with Crippen LogP contribution in [0.1, 0.15) is 126 Å². The molecule has 278 valence electrons. The lowest BCUT2D eigenvalue weighted by Crippen LogP contribution is -2.34. The first kappa shape index (κ1) is 40.9. The van der Waals surface area contributed by atoms with Gasteiger partial charge in [0.25, 0.3) is 5.91 Å². The lowest BCUT2D eigenvalue weighted by atomic mass is 9.80. The van der Waals surface area contributed by atoms with Crippen molar-refractivity contribution in [1.29, 1.82) is 0 Å². The molecule has 0 bridgehead atoms. The molecule has 5 N–H and O–H groups in total. The second kappa shape index (κ2) is 22.3. The van der Waals surface area contributed by atoms with E-state index in [4.69, 9.17) is 5.73 Å². The van der Waals surface area contributed by atoms with Gasteiger partial charge in [-0.05, 0) is 80.7 Å². The van der Waals surface area contributed by atoms with Gasteiger partial charge in [-0.15, -0.1) is 0 Å². The summed E-state index contributed by atoms with van der Waals surface area (Å²) in [7, 11) is 0. The van der Waals surface area contributed by atoms with Crippen LogP contribution in [0.2, 0.25) is 0 Å². The van der Waals surface area contributed by atoms with Crippen molar-refractivity contribution >= 4 is 47.4 Å². The average Bonchev–Trinajstić information content (AvgIpc) is 3.31. The van der Waals surface area contributed by atoms with E-state index in [2.05, 4.69) is 39.8 Å². The Morgan fingerprint density at radius 3 is 2.35 bits per heavy atom. The third kappa shape index (κ3) is 13.6. The largest absolute Gasteiger partial charge is 0.387 e. The van der Waals surface area contributed by atoms with Gasteiger partial charge in [0.2, 0.25) is 18.2 Å². The highest BCUT2D eigenvalue weighted by molar-refractivity contribution is 6.07. The molecular formula is C40H59N7O4. The third-order valence-electron chi connectivity index (χ3n) is 9.37. The maximum absolute atomic E-state index is 13.1. The third-order valence-corrected chi connectivity index (χ3v) is 9.37. The Balaban J connectivity index is 0.000000347. The average molecular weight is 702 g/mol. The number of nitrogens with one attached hydrogen (secondary N) is 3. The summed E-state index contributed by atoms with van der Waals surface area (Å²) in [5, 5.41) is 8.47. The first-order chi connectivity index (χ1) is 24.7. The van der Waals surface area contributed by atoms with Gasteiger partial charge in [-0.1, -0.05) is 59.4 Å². The molecule has 1 fully saturated rings. The topological polar surface area (TPSA) is 159 Å². The Morgan fingerprint density at radius 1 is 0.941 bits per heavy atom. The highest BCUT2D eigenvalue weighted by Crippen LogP contribution is 2.31. The van der Waals surface area contributed by atoms with E-state index in [1.165, 1.54) is 44.7 Å². The van der Waals surface area contributed by atoms with E-state index < -0.39 is 0 Å². The zero-order chi connectivity index (χ0) is 37.0. The van der Waals surface area contributed by atoms with Gasteiger partial charge in [0, 0.05) is 61.4 Å². The van der Waals surface area contributed by atoms with Crippen molar-refractivity contribution < 1.29 is 19.2 Å². The van der Waals surface area contributed by atoms with E-state index >= 15 is 0 Å². The molecule has 4 amide bonds. The van der Waals surface area contributed by atoms with Crippen LogP contribution in [0.15, 0.2) is 47.2 Å². The van der Waals surface area contributed by atoms with Crippen molar-refractivity contribution in [2.45, 2.75) is 111 Å². The number of aromatic nitrogens is 1. The minimum Gasteiger partial charge on any atom is -0.387 e. The number of nitrogens with two attached hydrogens (primary N) is 1. The minimum absolute atomic E-state index is 0.0343. The molecular weight excluding hydrogens is 642 g/mol. The number of aliphatic imine (C=N–C) groups is 1. The molecule has 0 atom stereocenters. The van der Waals surface area contributed by atoms with E-state index in [1.807, 2.05) is 24.8 Å². The fourth-order valence-electron chi connectivity index (χ4n) is 6.48. The van der Waals surface area contributed by atoms with Crippen LogP contribution in [-0.4, -0.2) is 59.5 Å². The number of hydrogen-bond acceptors (Lipinski definition) is 7. The Morgan fingerprint density at radius 2 is 1.69 bits per heavy atom. The molecule has 11 heteroatoms. The Kier molecular flexibility index (Phi) is 17.9. The number of hydrogen-bond donors (Lipinski definition) is 4. The lowest BCUT2D eigenvalue weighted by Gasteiger charge is -2.26. The molecule has 1 aliphatic carbocycles. The number of carbonyl (C=O) groups is 4. The van der Waals surface area contributed by atoms with Crippen molar-refractivity contribution in [3.8, 4) is 0 Å². The first-order valence-corrected chi connectivity index (χ1v) is 18.9. The van der Waals surface area contributed by atoms with Crippen LogP contribution < -0.4 is 21.7 Å². The van der Waals surface area contributed by atoms with E-state index in [1.54, 1.807) is 30.5 Å². The number of amides is 4. The standard InChI is InChI=1S/C25H30N6O3.C15H29NO/c1-3-7-31(8-4-2)25(34)20-10-18-5-6-19(11-22(18)30-23(26)12-20)24(33)29-21-9-17(13-27-15-21)14-28-16-32;1-3-5-6-7-12-16-15(17)14-10-8-13(4-2)9-11-14/h5-6,9-11,13,15-16H,3-4,7-8,12,14H2,1-2H3,(H2,26,30)(H,28,32)(H,29,33);13-14H,3-12H2,1-2H3,(H,16,17). The van der Waals surface area contributed by atoms with Gasteiger partial charge in [-0.25, -0.2) is 4.99 Å². The van der Waals surface area contributed by atoms with Gasteiger partial charge in [-0.3, -0.25) is 24.2 Å². The second-order valence-corrected chi connectivity index (χ2v) is 13.5. The molecule has 1 aliphatic heterocycles. The molecule has 2 aromatic rings. The fourth-order valence-corrected chi connectivity index (χ4v) is 6.48. The molecule has 0 saturated heterocycles. The number of carbonyl (C=O) groups excluding carboxylic acids is 4. The predicted octanol–water partition coefficient (Wildman–Crippen LogP) is 6.90. The number of amidine groups is 1. The number of pyridine rings is 1. The van der Waals surface area contributed by atoms with Crippen molar-refractivity contribution in [2.75, 3.05) is 25.0 Å². The van der Waals surface area contributed by atoms with Crippen molar-refractivity contribution in [3.63, 3.8) is 0 Å². The van der Waals surface area contributed by atoms with E-state index in [0.717, 1.165) is 55.7 Å². The monoisotopic (exact) mass is 701 g/mol. The summed E-state index contributed by atoms with van der Waals surface area (Å²) in [6.45, 7) is 11.1. The van der Waals surface area contributed by atoms with Gasteiger partial charge < -0.3 is 26.6 Å². The fraction of sp³-hybridized carbons (Fsp3) is 0.550. The molecule has 4 rings (SSSR count). The maximum Gasteiger partial charge on any atom is 0.255 e. The van der Waals surface area contributed by atoms with Gasteiger partial charge >= 0.3 is 0 Å². The molecule has 0 spiro atoms. The number of benzene rings is 1. The summed E-state index contributed by atoms with van der Waals surface area (Å²) in [6.07, 6.45) is 18.5. The molecule has 1 aromatic heterocycles. The first-order valence-electron chi connectivity index (χ1n) is 18.9. The van der Waals surface area contributed by atoms with Gasteiger partial charge in [-0.2, -0.15) is 0 Å². The van der Waals surface area contributed by atoms with Gasteiger partial charge in [0.1, 0.15) is 5.84 Å². The summed E-state index contributed by atoms with van der Waals surface area (Å²) in [5.41, 5.74) is 9.65. The number of rotatable bonds is 17. The van der Waals surface area contributed by atoms with Gasteiger partial charge in [0.15, 0.2) is 0 Å². The SMILES string of the molecule is CCCCCCNC(=O)C1CCC(CC)CC1.CCCN(CCC)C(=O)C1=Cc2ccc(C(=O)Nc3cncc(CNC=O)c3)cc2N=C(N)C1. The number of fused-ring (bicyclic) bond motifs is 1. The summed E-state index contributed by atoms with van der Waals surface area (Å²) in [6, 6.07) is 6.85. The van der Waals surface area contributed by atoms with Crippen molar-refractivity contribution in [3.05, 3.63) is 58.9 Å². The minimum atomic E-state index is -0.333. The highest BCUT2D eigenvalue weighted by atomic mass is 16.2. The smallest absolute Gasteiger partial charge is 0.255 e. The molecule has 51 heavy (non-hydrogen) atoms. The zero-order valence-electron chi connectivity index (χ0n) is 31.1. The molecule has 2 aliphatic rings. The van der Waals surface area contributed by atoms with Crippen LogP contribution in [0.4, 0.5) is 11.4 Å². The zero-order valence-corrected chi connectivity index (χ0v) is 31.1. The summed E-state index contributed by atoms with van der Waals surface area (Å²) >= 11 is 0. The van der Waals surface area contributed by atoms with Crippen LogP contribution in [0.3, 0.4) is 0 Å². The second-order valence-electron chi connectivity index (χ2n) is 13.5. The van der Waals surface area contributed by atoms with Crippen LogP contribution in [0, 0.1) is 11.8 Å². The Hall–Kier alpha value is -4.54. The molecule has 1 saturated carbocycles. The Labute approximate surface area is 304 Å². The molecule has 0 radical (unpaired) electrons. The van der Waals surface area contributed by atoms with Crippen LogP contribution in [-0.2, 0) is 20.9 Å². The van der Waals surface area contributed by atoms with E-state index in [-0.39, 0.29) is 18.2 Å². The van der Waals surface area contributed by atoms with Crippen LogP contribution >= 0.6 is 0 Å². The van der Waals surface area contributed by atoms with E-state index in [0.29, 0.717) is 66.2 Å². The lowest BCUT2D eigenvalue weighted by molar-refractivity contribution is -0.127. The Bertz CT molecular complexity index is 1490. The molecule has 2 heterocycles. The van der Waals surface area contributed by atoms with Crippen molar-refractivity contribution in [1.82, 2.24) is 20.5 Å². The van der Waals surface area contributed by atoms with Crippen LogP contribution in [0.5, 0.6) is 0 Å². The highest BCUT2D eigenvalue weighted by Gasteiger charge is 2.25. The molecule has 0 unspecified atom stereocenters. The number of anilines is 1. The summed E-state index contributed by atoms with van der Waals surface area (Å²) in [4.78, 5) is 58.7. The molecule has 1 aromatic carbocycles. The van der Waals surface area contributed by atoms with Crippen LogP contribution in [0.25, 0.3) is 6.08 Å². The van der Waals surface area contributed by atoms with Gasteiger partial charge in [0.05, 0.1) is 17.6 Å². The van der Waals surface area contributed by atoms with Crippen molar-refractivity contribution in [2.24, 2.45) is 22.6 Å². The summed E-state index contributed by atoms with van der Waals surface area (Å²) < 4.78 is 0. The maximum atomic E-state index is 13.1. The van der Waals surface area contributed by atoms with E-state index in [9.17, 15) is 19.2 Å². The quantitative estimate of drug-likeness (QED) is 0.104. The normalized spacial score (nSPS) is 16.5. The number of unbranched alkanes of at least 4 members (excludes halogenated alkanes) is 3.